The van der Waals surface area contributed by atoms with Crippen LogP contribution < -0.4 is 20.7 Å². The van der Waals surface area contributed by atoms with Gasteiger partial charge in [0.2, 0.25) is 0 Å². The van der Waals surface area contributed by atoms with E-state index in [2.05, 4.69) is 20.9 Å². The summed E-state index contributed by atoms with van der Waals surface area (Å²) < 4.78 is 16.3. The van der Waals surface area contributed by atoms with E-state index in [1.165, 1.54) is 0 Å². The van der Waals surface area contributed by atoms with Crippen LogP contribution in [-0.2, 0) is 9.47 Å². The molecule has 162 valence electrons. The second-order valence-electron chi connectivity index (χ2n) is 6.74. The summed E-state index contributed by atoms with van der Waals surface area (Å²) in [5.41, 5.74) is 0.606. The van der Waals surface area contributed by atoms with Crippen LogP contribution in [0.1, 0.15) is 36.5 Å². The highest BCUT2D eigenvalue weighted by Crippen LogP contribution is 2.12. The van der Waals surface area contributed by atoms with Crippen molar-refractivity contribution in [3.05, 3.63) is 29.8 Å². The summed E-state index contributed by atoms with van der Waals surface area (Å²) in [5, 5.41) is 9.31. The number of rotatable bonds is 12. The quantitative estimate of drug-likeness (QED) is 0.277. The Morgan fingerprint density at radius 1 is 1.21 bits per heavy atom. The molecular weight excluding hydrogens is 372 g/mol. The number of hydrogen-bond acceptors (Lipinski definition) is 5. The first-order valence-corrected chi connectivity index (χ1v) is 10.4. The van der Waals surface area contributed by atoms with Gasteiger partial charge in [-0.15, -0.1) is 0 Å². The van der Waals surface area contributed by atoms with Gasteiger partial charge < -0.3 is 30.2 Å². The third-order valence-corrected chi connectivity index (χ3v) is 4.44. The smallest absolute Gasteiger partial charge is 0.251 e. The number of hydrogen-bond donors (Lipinski definition) is 3. The number of nitrogens with zero attached hydrogens (tertiary/aromatic N) is 1. The minimum absolute atomic E-state index is 0.111. The lowest BCUT2D eigenvalue weighted by Gasteiger charge is -2.12. The largest absolute Gasteiger partial charge is 0.497 e. The van der Waals surface area contributed by atoms with Crippen molar-refractivity contribution in [2.24, 2.45) is 4.99 Å². The molecule has 0 radical (unpaired) electrons. The molecule has 0 spiro atoms. The SMILES string of the molecule is CCNC(=NCCCOCC1CCCO1)NCCNC(=O)c1ccc(OC)cc1. The topological polar surface area (TPSA) is 93.2 Å². The molecule has 8 nitrogen and oxygen atoms in total. The summed E-state index contributed by atoms with van der Waals surface area (Å²) in [7, 11) is 1.60. The monoisotopic (exact) mass is 406 g/mol. The summed E-state index contributed by atoms with van der Waals surface area (Å²) in [5.74, 6) is 1.36. The molecule has 1 fully saturated rings. The summed E-state index contributed by atoms with van der Waals surface area (Å²) in [4.78, 5) is 16.7. The van der Waals surface area contributed by atoms with E-state index in [0.717, 1.165) is 44.1 Å². The van der Waals surface area contributed by atoms with Crippen LogP contribution in [-0.4, -0.2) is 71.1 Å². The molecule has 1 unspecified atom stereocenters. The molecule has 1 aromatic rings. The molecule has 3 N–H and O–H groups in total. The first-order chi connectivity index (χ1) is 14.2. The van der Waals surface area contributed by atoms with Gasteiger partial charge in [0.25, 0.3) is 5.91 Å². The summed E-state index contributed by atoms with van der Waals surface area (Å²) in [6.07, 6.45) is 3.36. The Hall–Kier alpha value is -2.32. The number of ether oxygens (including phenoxy) is 3. The van der Waals surface area contributed by atoms with E-state index in [1.54, 1.807) is 31.4 Å². The van der Waals surface area contributed by atoms with Gasteiger partial charge in [-0.3, -0.25) is 9.79 Å². The fraction of sp³-hybridized carbons (Fsp3) is 0.619. The van der Waals surface area contributed by atoms with Gasteiger partial charge in [-0.05, 0) is 50.5 Å². The molecule has 8 heteroatoms. The van der Waals surface area contributed by atoms with Crippen molar-refractivity contribution in [1.82, 2.24) is 16.0 Å². The molecular formula is C21H34N4O4. The molecule has 1 aromatic carbocycles. The maximum absolute atomic E-state index is 12.1. The Morgan fingerprint density at radius 2 is 2.00 bits per heavy atom. The maximum atomic E-state index is 12.1. The summed E-state index contributed by atoms with van der Waals surface area (Å²) in [6, 6.07) is 7.03. The molecule has 2 rings (SSSR count). The van der Waals surface area contributed by atoms with E-state index in [0.29, 0.717) is 38.4 Å². The predicted octanol–water partition coefficient (Wildman–Crippen LogP) is 1.57. The maximum Gasteiger partial charge on any atom is 0.251 e. The minimum atomic E-state index is -0.111. The number of nitrogens with one attached hydrogen (secondary N) is 3. The van der Waals surface area contributed by atoms with Crippen LogP contribution in [0.4, 0.5) is 0 Å². The van der Waals surface area contributed by atoms with Gasteiger partial charge in [-0.2, -0.15) is 0 Å². The number of aliphatic imine (C=N–C) groups is 1. The Morgan fingerprint density at radius 3 is 2.69 bits per heavy atom. The average molecular weight is 407 g/mol. The molecule has 1 atom stereocenters. The number of guanidine groups is 1. The zero-order valence-electron chi connectivity index (χ0n) is 17.5. The Labute approximate surface area is 173 Å². The number of carbonyl (C=O) groups is 1. The molecule has 0 aromatic heterocycles. The first kappa shape index (κ1) is 23.0. The van der Waals surface area contributed by atoms with Crippen LogP contribution in [0.25, 0.3) is 0 Å². The van der Waals surface area contributed by atoms with Crippen LogP contribution in [0, 0.1) is 0 Å². The number of methoxy groups -OCH3 is 1. The Balaban J connectivity index is 1.59. The van der Waals surface area contributed by atoms with Crippen molar-refractivity contribution in [3.8, 4) is 5.75 Å². The van der Waals surface area contributed by atoms with Crippen molar-refractivity contribution < 1.29 is 19.0 Å². The second-order valence-corrected chi connectivity index (χ2v) is 6.74. The highest BCUT2D eigenvalue weighted by molar-refractivity contribution is 5.94. The molecule has 1 amide bonds. The predicted molar refractivity (Wildman–Crippen MR) is 114 cm³/mol. The van der Waals surface area contributed by atoms with Gasteiger partial charge in [-0.25, -0.2) is 0 Å². The number of carbonyl (C=O) groups excluding carboxylic acids is 1. The molecule has 0 bridgehead atoms. The molecule has 1 saturated heterocycles. The van der Waals surface area contributed by atoms with Crippen LogP contribution in [0.2, 0.25) is 0 Å². The molecule has 29 heavy (non-hydrogen) atoms. The van der Waals surface area contributed by atoms with E-state index in [1.807, 2.05) is 6.92 Å². The van der Waals surface area contributed by atoms with E-state index < -0.39 is 0 Å². The lowest BCUT2D eigenvalue weighted by Crippen LogP contribution is -2.41. The van der Waals surface area contributed by atoms with Crippen LogP contribution in [0.3, 0.4) is 0 Å². The fourth-order valence-corrected chi connectivity index (χ4v) is 2.89. The third-order valence-electron chi connectivity index (χ3n) is 4.44. The molecule has 1 aliphatic rings. The minimum Gasteiger partial charge on any atom is -0.497 e. The van der Waals surface area contributed by atoms with Crippen molar-refractivity contribution in [1.29, 1.82) is 0 Å². The zero-order chi connectivity index (χ0) is 20.7. The van der Waals surface area contributed by atoms with Gasteiger partial charge in [0.1, 0.15) is 5.75 Å². The highest BCUT2D eigenvalue weighted by Gasteiger charge is 2.14. The summed E-state index contributed by atoms with van der Waals surface area (Å²) in [6.45, 7) is 6.78. The third kappa shape index (κ3) is 9.15. The average Bonchev–Trinajstić information content (AvgIpc) is 3.27. The fourth-order valence-electron chi connectivity index (χ4n) is 2.89. The van der Waals surface area contributed by atoms with Gasteiger partial charge in [-0.1, -0.05) is 0 Å². The van der Waals surface area contributed by atoms with Gasteiger partial charge in [0.15, 0.2) is 5.96 Å². The summed E-state index contributed by atoms with van der Waals surface area (Å²) >= 11 is 0. The molecule has 1 aliphatic heterocycles. The zero-order valence-corrected chi connectivity index (χ0v) is 17.5. The number of benzene rings is 1. The van der Waals surface area contributed by atoms with E-state index >= 15 is 0 Å². The number of amides is 1. The first-order valence-electron chi connectivity index (χ1n) is 10.4. The molecule has 0 saturated carbocycles. The van der Waals surface area contributed by atoms with Crippen molar-refractivity contribution in [2.45, 2.75) is 32.3 Å². The molecule has 1 heterocycles. The molecule has 0 aliphatic carbocycles. The van der Waals surface area contributed by atoms with E-state index in [-0.39, 0.29) is 12.0 Å². The second kappa shape index (κ2) is 13.8. The normalized spacial score (nSPS) is 16.5. The Bertz CT molecular complexity index is 616. The van der Waals surface area contributed by atoms with Crippen LogP contribution in [0.5, 0.6) is 5.75 Å². The van der Waals surface area contributed by atoms with E-state index in [9.17, 15) is 4.79 Å². The van der Waals surface area contributed by atoms with E-state index in [4.69, 9.17) is 14.2 Å². The van der Waals surface area contributed by atoms with Crippen molar-refractivity contribution in [2.75, 3.05) is 53.1 Å². The van der Waals surface area contributed by atoms with Gasteiger partial charge in [0, 0.05) is 45.0 Å². The van der Waals surface area contributed by atoms with Crippen LogP contribution in [0.15, 0.2) is 29.3 Å². The van der Waals surface area contributed by atoms with Gasteiger partial charge >= 0.3 is 0 Å². The lowest BCUT2D eigenvalue weighted by molar-refractivity contribution is 0.0171. The van der Waals surface area contributed by atoms with Crippen molar-refractivity contribution >= 4 is 11.9 Å². The Kier molecular flexibility index (Phi) is 10.9. The standard InChI is InChI=1S/C21H34N4O4/c1-3-22-21(24-11-5-14-28-16-19-6-4-15-29-19)25-13-12-23-20(26)17-7-9-18(27-2)10-8-17/h7-10,19H,3-6,11-16H2,1-2H3,(H,23,26)(H2,22,24,25). The van der Waals surface area contributed by atoms with Crippen LogP contribution >= 0.6 is 0 Å². The highest BCUT2D eigenvalue weighted by atomic mass is 16.5. The lowest BCUT2D eigenvalue weighted by atomic mass is 10.2. The van der Waals surface area contributed by atoms with Crippen molar-refractivity contribution in [3.63, 3.8) is 0 Å². The van der Waals surface area contributed by atoms with Gasteiger partial charge in [0.05, 0.1) is 19.8 Å².